The van der Waals surface area contributed by atoms with Gasteiger partial charge >= 0.3 is 0 Å². The number of thiophene rings is 1. The van der Waals surface area contributed by atoms with Crippen LogP contribution in [0, 0.1) is 6.92 Å². The zero-order valence-electron chi connectivity index (χ0n) is 6.79. The van der Waals surface area contributed by atoms with Gasteiger partial charge in [-0.2, -0.15) is 0 Å². The average Bonchev–Trinajstić information content (AvgIpc) is 2.45. The molecule has 1 rings (SSSR count). The summed E-state index contributed by atoms with van der Waals surface area (Å²) in [4.78, 5) is 21.5. The van der Waals surface area contributed by atoms with Gasteiger partial charge in [0.05, 0.1) is 7.11 Å². The lowest BCUT2D eigenvalue weighted by atomic mass is 10.2. The second kappa shape index (κ2) is 3.49. The van der Waals surface area contributed by atoms with Crippen molar-refractivity contribution in [3.8, 4) is 5.75 Å². The van der Waals surface area contributed by atoms with Gasteiger partial charge < -0.3 is 4.74 Å². The largest absolute Gasteiger partial charge is 0.495 e. The highest BCUT2D eigenvalue weighted by atomic mass is 32.1. The van der Waals surface area contributed by atoms with E-state index in [0.717, 1.165) is 5.56 Å². The summed E-state index contributed by atoms with van der Waals surface area (Å²) in [6.07, 6.45) is 0.299. The van der Waals surface area contributed by atoms with E-state index in [1.807, 2.05) is 6.92 Å². The molecular weight excluding hydrogens is 176 g/mol. The molecule has 0 radical (unpaired) electrons. The van der Waals surface area contributed by atoms with Crippen molar-refractivity contribution in [1.82, 2.24) is 0 Å². The molecule has 0 aliphatic rings. The molecule has 1 heterocycles. The number of aldehydes is 1. The molecule has 0 aromatic carbocycles. The Balaban J connectivity index is 3.15. The van der Waals surface area contributed by atoms with E-state index < -0.39 is 5.78 Å². The summed E-state index contributed by atoms with van der Waals surface area (Å²) in [5.74, 6) is -0.0120. The summed E-state index contributed by atoms with van der Waals surface area (Å²) in [5, 5.41) is 1.79. The van der Waals surface area contributed by atoms with Crippen LogP contribution in [0.25, 0.3) is 0 Å². The minimum Gasteiger partial charge on any atom is -0.495 e. The Morgan fingerprint density at radius 1 is 1.67 bits per heavy atom. The molecule has 64 valence electrons. The maximum Gasteiger partial charge on any atom is 0.239 e. The van der Waals surface area contributed by atoms with Crippen LogP contribution in [0.3, 0.4) is 0 Å². The van der Waals surface area contributed by atoms with Crippen molar-refractivity contribution in [2.45, 2.75) is 6.92 Å². The Kier molecular flexibility index (Phi) is 2.60. The molecule has 4 heteroatoms. The minimum atomic E-state index is -0.523. The normalized spacial score (nSPS) is 9.50. The summed E-state index contributed by atoms with van der Waals surface area (Å²) >= 11 is 1.23. The number of carbonyl (C=O) groups excluding carboxylic acids is 2. The van der Waals surface area contributed by atoms with Crippen molar-refractivity contribution in [3.05, 3.63) is 15.8 Å². The fourth-order valence-electron chi connectivity index (χ4n) is 0.911. The fraction of sp³-hybridized carbons (Fsp3) is 0.250. The number of hydrogen-bond donors (Lipinski definition) is 0. The molecule has 0 saturated heterocycles. The van der Waals surface area contributed by atoms with Gasteiger partial charge in [0.2, 0.25) is 5.78 Å². The molecule has 3 nitrogen and oxygen atoms in total. The van der Waals surface area contributed by atoms with E-state index in [-0.39, 0.29) is 0 Å². The van der Waals surface area contributed by atoms with Gasteiger partial charge in [0.15, 0.2) is 6.29 Å². The zero-order chi connectivity index (χ0) is 9.14. The van der Waals surface area contributed by atoms with Crippen molar-refractivity contribution < 1.29 is 14.3 Å². The number of hydrogen-bond acceptors (Lipinski definition) is 4. The van der Waals surface area contributed by atoms with Crippen LogP contribution < -0.4 is 4.74 Å². The highest BCUT2D eigenvalue weighted by molar-refractivity contribution is 7.13. The summed E-state index contributed by atoms with van der Waals surface area (Å²) in [6.45, 7) is 1.83. The SMILES string of the molecule is COc1c(C)csc1C(=O)C=O. The molecule has 0 saturated carbocycles. The van der Waals surface area contributed by atoms with Crippen molar-refractivity contribution >= 4 is 23.4 Å². The monoisotopic (exact) mass is 184 g/mol. The van der Waals surface area contributed by atoms with E-state index in [1.54, 1.807) is 5.38 Å². The van der Waals surface area contributed by atoms with Gasteiger partial charge in [-0.1, -0.05) is 0 Å². The molecule has 0 atom stereocenters. The van der Waals surface area contributed by atoms with Crippen molar-refractivity contribution in [3.63, 3.8) is 0 Å². The van der Waals surface area contributed by atoms with Gasteiger partial charge in [-0.3, -0.25) is 9.59 Å². The molecule has 12 heavy (non-hydrogen) atoms. The van der Waals surface area contributed by atoms with Crippen LogP contribution in [0.1, 0.15) is 15.2 Å². The highest BCUT2D eigenvalue weighted by Gasteiger charge is 2.15. The smallest absolute Gasteiger partial charge is 0.239 e. The van der Waals surface area contributed by atoms with Gasteiger partial charge in [0.25, 0.3) is 0 Å². The molecular formula is C8H8O3S. The second-order valence-corrected chi connectivity index (χ2v) is 3.14. The van der Waals surface area contributed by atoms with E-state index in [0.29, 0.717) is 16.9 Å². The van der Waals surface area contributed by atoms with Gasteiger partial charge in [-0.05, 0) is 12.3 Å². The third-order valence-corrected chi connectivity index (χ3v) is 2.55. The number of aryl methyl sites for hydroxylation is 1. The maximum absolute atomic E-state index is 11.0. The number of ether oxygens (including phenoxy) is 1. The molecule has 0 bridgehead atoms. The lowest BCUT2D eigenvalue weighted by Crippen LogP contribution is -1.99. The first-order chi connectivity index (χ1) is 5.70. The summed E-state index contributed by atoms with van der Waals surface area (Å²) in [6, 6.07) is 0. The van der Waals surface area contributed by atoms with Crippen LogP contribution in [0.4, 0.5) is 0 Å². The van der Waals surface area contributed by atoms with Crippen LogP contribution in [0.15, 0.2) is 5.38 Å². The lowest BCUT2D eigenvalue weighted by Gasteiger charge is -1.98. The molecule has 0 fully saturated rings. The molecule has 0 amide bonds. The zero-order valence-corrected chi connectivity index (χ0v) is 7.60. The number of carbonyl (C=O) groups is 2. The molecule has 0 aliphatic heterocycles. The minimum absolute atomic E-state index is 0.299. The van der Waals surface area contributed by atoms with Gasteiger partial charge in [0.1, 0.15) is 10.6 Å². The molecule has 0 N–H and O–H groups in total. The molecule has 0 aliphatic carbocycles. The average molecular weight is 184 g/mol. The number of methoxy groups -OCH3 is 1. The predicted octanol–water partition coefficient (Wildman–Crippen LogP) is 1.45. The molecule has 1 aromatic heterocycles. The quantitative estimate of drug-likeness (QED) is 0.405. The van der Waals surface area contributed by atoms with Crippen LogP contribution in [0.2, 0.25) is 0 Å². The van der Waals surface area contributed by atoms with E-state index in [4.69, 9.17) is 4.74 Å². The Morgan fingerprint density at radius 3 is 2.83 bits per heavy atom. The van der Waals surface area contributed by atoms with E-state index in [2.05, 4.69) is 0 Å². The predicted molar refractivity (Wildman–Crippen MR) is 46.0 cm³/mol. The van der Waals surface area contributed by atoms with Crippen LogP contribution >= 0.6 is 11.3 Å². The van der Waals surface area contributed by atoms with E-state index >= 15 is 0 Å². The van der Waals surface area contributed by atoms with Gasteiger partial charge in [-0.25, -0.2) is 0 Å². The summed E-state index contributed by atoms with van der Waals surface area (Å²) < 4.78 is 4.97. The first-order valence-electron chi connectivity index (χ1n) is 3.32. The Hall–Kier alpha value is -1.16. The third-order valence-electron chi connectivity index (χ3n) is 1.45. The van der Waals surface area contributed by atoms with Gasteiger partial charge in [0, 0.05) is 5.56 Å². The van der Waals surface area contributed by atoms with Gasteiger partial charge in [-0.15, -0.1) is 11.3 Å². The van der Waals surface area contributed by atoms with Crippen molar-refractivity contribution in [2.75, 3.05) is 7.11 Å². The van der Waals surface area contributed by atoms with Crippen molar-refractivity contribution in [2.24, 2.45) is 0 Å². The number of rotatable bonds is 3. The number of ketones is 1. The number of Topliss-reactive ketones (excluding diaryl/α,β-unsaturated/α-hetero) is 1. The highest BCUT2D eigenvalue weighted by Crippen LogP contribution is 2.29. The van der Waals surface area contributed by atoms with Crippen LogP contribution in [0.5, 0.6) is 5.75 Å². The van der Waals surface area contributed by atoms with Crippen LogP contribution in [-0.4, -0.2) is 19.2 Å². The fourth-order valence-corrected chi connectivity index (χ4v) is 1.83. The first kappa shape index (κ1) is 8.93. The molecule has 0 spiro atoms. The standard InChI is InChI=1S/C8H8O3S/c1-5-4-12-8(6(10)3-9)7(5)11-2/h3-4H,1-2H3. The third kappa shape index (κ3) is 1.38. The van der Waals surface area contributed by atoms with Crippen LogP contribution in [-0.2, 0) is 4.79 Å². The molecule has 0 unspecified atom stereocenters. The maximum atomic E-state index is 11.0. The van der Waals surface area contributed by atoms with E-state index in [1.165, 1.54) is 18.4 Å². The second-order valence-electron chi connectivity index (χ2n) is 2.26. The Labute approximate surface area is 74.0 Å². The summed E-state index contributed by atoms with van der Waals surface area (Å²) in [7, 11) is 1.48. The molecule has 1 aromatic rings. The summed E-state index contributed by atoms with van der Waals surface area (Å²) in [5.41, 5.74) is 0.882. The Morgan fingerprint density at radius 2 is 2.33 bits per heavy atom. The van der Waals surface area contributed by atoms with E-state index in [9.17, 15) is 9.59 Å². The first-order valence-corrected chi connectivity index (χ1v) is 4.20. The Bertz CT molecular complexity index is 314. The van der Waals surface area contributed by atoms with Crippen molar-refractivity contribution in [1.29, 1.82) is 0 Å². The lowest BCUT2D eigenvalue weighted by molar-refractivity contribution is -0.104. The topological polar surface area (TPSA) is 43.4 Å².